The lowest BCUT2D eigenvalue weighted by Crippen LogP contribution is -2.40. The van der Waals surface area contributed by atoms with Gasteiger partial charge in [-0.05, 0) is 55.1 Å². The second-order valence-corrected chi connectivity index (χ2v) is 7.00. The summed E-state index contributed by atoms with van der Waals surface area (Å²) in [4.78, 5) is 13.1. The second kappa shape index (κ2) is 7.50. The van der Waals surface area contributed by atoms with Crippen LogP contribution in [0.15, 0.2) is 53.3 Å². The molecule has 0 fully saturated rings. The molecule has 26 heavy (non-hydrogen) atoms. The third kappa shape index (κ3) is 3.90. The van der Waals surface area contributed by atoms with Gasteiger partial charge in [0.2, 0.25) is 0 Å². The molecule has 0 aliphatic heterocycles. The molecule has 3 aromatic rings. The number of aliphatic hydroxyl groups excluding tert-OH is 1. The van der Waals surface area contributed by atoms with E-state index in [9.17, 15) is 15.0 Å². The van der Waals surface area contributed by atoms with Crippen molar-refractivity contribution in [3.63, 3.8) is 0 Å². The number of aliphatic hydroxyl groups is 1. The standard InChI is InChI=1S/C20H21ClN2O3/c1-12(2)22-19(25)11-23-18(14-4-3-5-15(21)8-14)9-13-6-7-16(24)10-17(13)20(23)26/h3-10,12,19,22,24-25H,11H2,1-2H3. The third-order valence-corrected chi connectivity index (χ3v) is 4.33. The van der Waals surface area contributed by atoms with E-state index in [2.05, 4.69) is 5.32 Å². The van der Waals surface area contributed by atoms with E-state index in [1.165, 1.54) is 10.6 Å². The van der Waals surface area contributed by atoms with Gasteiger partial charge in [-0.15, -0.1) is 0 Å². The van der Waals surface area contributed by atoms with Crippen molar-refractivity contribution in [3.05, 3.63) is 63.9 Å². The number of rotatable bonds is 5. The van der Waals surface area contributed by atoms with Crippen LogP contribution in [0.3, 0.4) is 0 Å². The molecule has 3 N–H and O–H groups in total. The van der Waals surface area contributed by atoms with Gasteiger partial charge in [-0.25, -0.2) is 0 Å². The maximum atomic E-state index is 13.1. The van der Waals surface area contributed by atoms with Crippen LogP contribution >= 0.6 is 11.6 Å². The molecule has 1 heterocycles. The van der Waals surface area contributed by atoms with E-state index in [0.717, 1.165) is 5.56 Å². The van der Waals surface area contributed by atoms with Crippen LogP contribution in [0.4, 0.5) is 0 Å². The summed E-state index contributed by atoms with van der Waals surface area (Å²) < 4.78 is 1.51. The number of aromatic hydroxyl groups is 1. The highest BCUT2D eigenvalue weighted by Crippen LogP contribution is 2.26. The molecular weight excluding hydrogens is 352 g/mol. The summed E-state index contributed by atoms with van der Waals surface area (Å²) >= 11 is 6.12. The van der Waals surface area contributed by atoms with Gasteiger partial charge in [0.15, 0.2) is 0 Å². The first-order valence-electron chi connectivity index (χ1n) is 8.42. The summed E-state index contributed by atoms with van der Waals surface area (Å²) in [6.07, 6.45) is -0.889. The van der Waals surface area contributed by atoms with Crippen LogP contribution in [-0.4, -0.2) is 27.0 Å². The number of aromatic nitrogens is 1. The lowest BCUT2D eigenvalue weighted by atomic mass is 10.1. The van der Waals surface area contributed by atoms with Gasteiger partial charge in [0.05, 0.1) is 17.6 Å². The Morgan fingerprint density at radius 2 is 1.92 bits per heavy atom. The molecule has 136 valence electrons. The van der Waals surface area contributed by atoms with Gasteiger partial charge in [0.1, 0.15) is 12.0 Å². The van der Waals surface area contributed by atoms with E-state index in [0.29, 0.717) is 21.5 Å². The fourth-order valence-corrected chi connectivity index (χ4v) is 3.20. The number of hydrogen-bond acceptors (Lipinski definition) is 4. The van der Waals surface area contributed by atoms with E-state index in [1.807, 2.05) is 32.0 Å². The minimum absolute atomic E-state index is 0.0255. The van der Waals surface area contributed by atoms with Crippen molar-refractivity contribution < 1.29 is 10.2 Å². The number of nitrogens with zero attached hydrogens (tertiary/aromatic N) is 1. The molecular formula is C20H21ClN2O3. The molecule has 1 unspecified atom stereocenters. The van der Waals surface area contributed by atoms with Crippen molar-refractivity contribution in [3.8, 4) is 17.0 Å². The van der Waals surface area contributed by atoms with Gasteiger partial charge in [-0.3, -0.25) is 10.1 Å². The van der Waals surface area contributed by atoms with Gasteiger partial charge >= 0.3 is 0 Å². The number of hydrogen-bond donors (Lipinski definition) is 3. The van der Waals surface area contributed by atoms with Crippen molar-refractivity contribution in [2.45, 2.75) is 32.7 Å². The van der Waals surface area contributed by atoms with Crippen LogP contribution in [0.25, 0.3) is 22.0 Å². The SMILES string of the molecule is CC(C)NC(O)Cn1c(-c2cccc(Cl)c2)cc2ccc(O)cc2c1=O. The predicted octanol–water partition coefficient (Wildman–Crippen LogP) is 3.34. The van der Waals surface area contributed by atoms with Crippen LogP contribution in [0.5, 0.6) is 5.75 Å². The van der Waals surface area contributed by atoms with Crippen molar-refractivity contribution in [1.29, 1.82) is 0 Å². The number of halogens is 1. The van der Waals surface area contributed by atoms with Crippen molar-refractivity contribution in [1.82, 2.24) is 9.88 Å². The van der Waals surface area contributed by atoms with Crippen LogP contribution < -0.4 is 10.9 Å². The molecule has 0 saturated heterocycles. The summed E-state index contributed by atoms with van der Waals surface area (Å²) in [6, 6.07) is 13.9. The zero-order valence-electron chi connectivity index (χ0n) is 14.6. The highest BCUT2D eigenvalue weighted by atomic mass is 35.5. The van der Waals surface area contributed by atoms with Gasteiger partial charge in [-0.1, -0.05) is 29.8 Å². The first-order chi connectivity index (χ1) is 12.3. The first-order valence-corrected chi connectivity index (χ1v) is 8.79. The Bertz CT molecular complexity index is 998. The largest absolute Gasteiger partial charge is 0.508 e. The molecule has 0 aliphatic carbocycles. The summed E-state index contributed by atoms with van der Waals surface area (Å²) in [5, 5.41) is 24.7. The Morgan fingerprint density at radius 1 is 1.15 bits per heavy atom. The van der Waals surface area contributed by atoms with Crippen molar-refractivity contribution >= 4 is 22.4 Å². The van der Waals surface area contributed by atoms with E-state index >= 15 is 0 Å². The maximum Gasteiger partial charge on any atom is 0.259 e. The van der Waals surface area contributed by atoms with Crippen LogP contribution in [0, 0.1) is 0 Å². The molecule has 0 saturated carbocycles. The normalized spacial score (nSPS) is 12.7. The van der Waals surface area contributed by atoms with Crippen molar-refractivity contribution in [2.75, 3.05) is 0 Å². The Balaban J connectivity index is 2.22. The van der Waals surface area contributed by atoms with Crippen molar-refractivity contribution in [2.24, 2.45) is 0 Å². The lowest BCUT2D eigenvalue weighted by Gasteiger charge is -2.20. The number of phenolic OH excluding ortho intramolecular Hbond substituents is 1. The molecule has 0 amide bonds. The lowest BCUT2D eigenvalue weighted by molar-refractivity contribution is 0.108. The van der Waals surface area contributed by atoms with Gasteiger partial charge in [0.25, 0.3) is 5.56 Å². The zero-order chi connectivity index (χ0) is 18.8. The Labute approximate surface area is 156 Å². The maximum absolute atomic E-state index is 13.1. The fraction of sp³-hybridized carbons (Fsp3) is 0.250. The van der Waals surface area contributed by atoms with Crippen LogP contribution in [0.1, 0.15) is 13.8 Å². The number of nitrogens with one attached hydrogen (secondary N) is 1. The van der Waals surface area contributed by atoms with Crippen LogP contribution in [0.2, 0.25) is 5.02 Å². The highest BCUT2D eigenvalue weighted by Gasteiger charge is 2.15. The Hall–Kier alpha value is -2.34. The molecule has 3 rings (SSSR count). The topological polar surface area (TPSA) is 74.5 Å². The van der Waals surface area contributed by atoms with E-state index in [-0.39, 0.29) is 23.9 Å². The predicted molar refractivity (Wildman–Crippen MR) is 105 cm³/mol. The molecule has 5 nitrogen and oxygen atoms in total. The third-order valence-electron chi connectivity index (χ3n) is 4.10. The quantitative estimate of drug-likeness (QED) is 0.600. The highest BCUT2D eigenvalue weighted by molar-refractivity contribution is 6.30. The summed E-state index contributed by atoms with van der Waals surface area (Å²) in [7, 11) is 0. The van der Waals surface area contributed by atoms with E-state index in [4.69, 9.17) is 11.6 Å². The average molecular weight is 373 g/mol. The van der Waals surface area contributed by atoms with E-state index < -0.39 is 6.23 Å². The summed E-state index contributed by atoms with van der Waals surface area (Å²) in [5.74, 6) is 0.0255. The number of phenols is 1. The molecule has 1 atom stereocenters. The Morgan fingerprint density at radius 3 is 2.62 bits per heavy atom. The molecule has 6 heteroatoms. The van der Waals surface area contributed by atoms with Gasteiger partial charge < -0.3 is 14.8 Å². The molecule has 0 aliphatic rings. The summed E-state index contributed by atoms with van der Waals surface area (Å²) in [6.45, 7) is 3.91. The van der Waals surface area contributed by atoms with Crippen LogP contribution in [-0.2, 0) is 6.54 Å². The number of pyridine rings is 1. The molecule has 1 aromatic heterocycles. The van der Waals surface area contributed by atoms with Gasteiger partial charge in [0, 0.05) is 11.1 Å². The molecule has 2 aromatic carbocycles. The van der Waals surface area contributed by atoms with Gasteiger partial charge in [-0.2, -0.15) is 0 Å². The smallest absolute Gasteiger partial charge is 0.259 e. The minimum Gasteiger partial charge on any atom is -0.508 e. The minimum atomic E-state index is -0.889. The fourth-order valence-electron chi connectivity index (χ4n) is 3.01. The Kier molecular flexibility index (Phi) is 5.32. The molecule has 0 spiro atoms. The zero-order valence-corrected chi connectivity index (χ0v) is 15.4. The monoisotopic (exact) mass is 372 g/mol. The molecule has 0 radical (unpaired) electrons. The first kappa shape index (κ1) is 18.5. The second-order valence-electron chi connectivity index (χ2n) is 6.56. The molecule has 0 bridgehead atoms. The summed E-state index contributed by atoms with van der Waals surface area (Å²) in [5.41, 5.74) is 1.15. The number of fused-ring (bicyclic) bond motifs is 1. The average Bonchev–Trinajstić information content (AvgIpc) is 2.57. The number of benzene rings is 2. The van der Waals surface area contributed by atoms with E-state index in [1.54, 1.807) is 24.3 Å².